The number of benzene rings is 1. The second-order valence-electron chi connectivity index (χ2n) is 6.26. The van der Waals surface area contributed by atoms with Gasteiger partial charge in [0, 0.05) is 29.8 Å². The largest absolute Gasteiger partial charge is 0.868 e. The summed E-state index contributed by atoms with van der Waals surface area (Å²) in [6.45, 7) is 1.69. The number of nitrogens with one attached hydrogen (secondary N) is 1. The highest BCUT2D eigenvalue weighted by molar-refractivity contribution is 5.96. The summed E-state index contributed by atoms with van der Waals surface area (Å²) < 4.78 is 4.87. The lowest BCUT2D eigenvalue weighted by Crippen LogP contribution is -2.40. The smallest absolute Gasteiger partial charge is 0.336 e. The van der Waals surface area contributed by atoms with Gasteiger partial charge in [0.25, 0.3) is 5.69 Å². The average molecular weight is 357 g/mol. The molecule has 1 N–H and O–H groups in total. The van der Waals surface area contributed by atoms with Crippen LogP contribution in [0.1, 0.15) is 31.2 Å². The van der Waals surface area contributed by atoms with E-state index in [2.05, 4.69) is 5.32 Å². The predicted molar refractivity (Wildman–Crippen MR) is 88.9 cm³/mol. The van der Waals surface area contributed by atoms with Crippen LogP contribution in [0.25, 0.3) is 0 Å². The summed E-state index contributed by atoms with van der Waals surface area (Å²) in [4.78, 5) is 35.4. The van der Waals surface area contributed by atoms with E-state index in [0.29, 0.717) is 29.8 Å². The molecule has 1 aliphatic carbocycles. The molecule has 0 radical (unpaired) electrons. The first-order chi connectivity index (χ1) is 12.3. The van der Waals surface area contributed by atoms with Gasteiger partial charge in [-0.05, 0) is 24.7 Å². The standard InChI is InChI=1S/C18H18N2O6/c1-9-15(18(23)26-2)16(17-11(19-9)4-3-5-14(17)22)10-6-7-13(21)12(8-10)20(24)25/h4,6-8,16-17,19,21H,3,5H2,1-2H3/p-1. The molecule has 1 aromatic rings. The quantitative estimate of drug-likeness (QED) is 0.496. The van der Waals surface area contributed by atoms with Gasteiger partial charge in [0.05, 0.1) is 23.5 Å². The number of allylic oxidation sites excluding steroid dienone is 3. The Kier molecular flexibility index (Phi) is 4.50. The number of hydrogen-bond donors (Lipinski definition) is 1. The van der Waals surface area contributed by atoms with E-state index in [4.69, 9.17) is 4.74 Å². The maximum absolute atomic E-state index is 12.6. The van der Waals surface area contributed by atoms with Crippen molar-refractivity contribution in [3.8, 4) is 5.75 Å². The number of Topliss-reactive ketones (excluding diaryl/α,β-unsaturated/α-hetero) is 1. The number of hydrogen-bond acceptors (Lipinski definition) is 7. The van der Waals surface area contributed by atoms with Gasteiger partial charge in [0.1, 0.15) is 5.78 Å². The molecule has 1 aliphatic heterocycles. The monoisotopic (exact) mass is 357 g/mol. The van der Waals surface area contributed by atoms with Gasteiger partial charge >= 0.3 is 5.97 Å². The number of carbonyl (C=O) groups is 2. The van der Waals surface area contributed by atoms with Crippen LogP contribution in [0, 0.1) is 16.0 Å². The van der Waals surface area contributed by atoms with Crippen molar-refractivity contribution in [1.82, 2.24) is 5.32 Å². The lowest BCUT2D eigenvalue weighted by molar-refractivity contribution is -0.398. The van der Waals surface area contributed by atoms with Crippen molar-refractivity contribution in [3.05, 3.63) is 56.9 Å². The Hall–Kier alpha value is -3.16. The first-order valence-electron chi connectivity index (χ1n) is 8.09. The second-order valence-corrected chi connectivity index (χ2v) is 6.26. The third-order valence-electron chi connectivity index (χ3n) is 4.76. The summed E-state index contributed by atoms with van der Waals surface area (Å²) in [7, 11) is 1.23. The molecule has 0 saturated carbocycles. The maximum Gasteiger partial charge on any atom is 0.336 e. The van der Waals surface area contributed by atoms with Crippen molar-refractivity contribution in [2.75, 3.05) is 7.11 Å². The van der Waals surface area contributed by atoms with E-state index in [1.807, 2.05) is 6.08 Å². The summed E-state index contributed by atoms with van der Waals surface area (Å²) in [5.74, 6) is -2.83. The van der Waals surface area contributed by atoms with E-state index in [0.717, 1.165) is 12.1 Å². The summed E-state index contributed by atoms with van der Waals surface area (Å²) in [5, 5.41) is 26.0. The normalized spacial score (nSPS) is 22.2. The summed E-state index contributed by atoms with van der Waals surface area (Å²) in [6.07, 6.45) is 2.81. The highest BCUT2D eigenvalue weighted by Crippen LogP contribution is 2.45. The summed E-state index contributed by atoms with van der Waals surface area (Å²) >= 11 is 0. The van der Waals surface area contributed by atoms with Crippen LogP contribution in [-0.2, 0) is 14.3 Å². The molecule has 0 amide bonds. The van der Waals surface area contributed by atoms with Crippen LogP contribution in [0.3, 0.4) is 0 Å². The molecule has 2 unspecified atom stereocenters. The Bertz CT molecular complexity index is 870. The minimum Gasteiger partial charge on any atom is -0.868 e. The maximum atomic E-state index is 12.6. The molecule has 3 rings (SSSR count). The van der Waals surface area contributed by atoms with Gasteiger partial charge in [0.2, 0.25) is 0 Å². The van der Waals surface area contributed by atoms with Crippen molar-refractivity contribution in [1.29, 1.82) is 0 Å². The third kappa shape index (κ3) is 2.83. The number of nitro groups is 1. The molecule has 26 heavy (non-hydrogen) atoms. The molecule has 0 aromatic heterocycles. The lowest BCUT2D eigenvalue weighted by Gasteiger charge is -2.37. The molecule has 1 heterocycles. The predicted octanol–water partition coefficient (Wildman–Crippen LogP) is 1.67. The molecule has 0 saturated heterocycles. The Morgan fingerprint density at radius 1 is 1.35 bits per heavy atom. The third-order valence-corrected chi connectivity index (χ3v) is 4.76. The molecule has 136 valence electrons. The summed E-state index contributed by atoms with van der Waals surface area (Å²) in [6, 6.07) is 3.67. The Balaban J connectivity index is 2.23. The second kappa shape index (κ2) is 6.62. The minimum absolute atomic E-state index is 0.0669. The highest BCUT2D eigenvalue weighted by atomic mass is 16.6. The number of ether oxygens (including phenoxy) is 1. The fourth-order valence-corrected chi connectivity index (χ4v) is 3.62. The molecule has 0 bridgehead atoms. The number of nitro benzene ring substituents is 1. The molecule has 2 aliphatic rings. The van der Waals surface area contributed by atoms with Crippen molar-refractivity contribution in [2.45, 2.75) is 25.7 Å². The van der Waals surface area contributed by atoms with Crippen molar-refractivity contribution >= 4 is 17.4 Å². The zero-order valence-corrected chi connectivity index (χ0v) is 14.3. The molecular weight excluding hydrogens is 340 g/mol. The summed E-state index contributed by atoms with van der Waals surface area (Å²) in [5.41, 5.74) is 1.20. The zero-order valence-electron chi connectivity index (χ0n) is 14.3. The first-order valence-corrected chi connectivity index (χ1v) is 8.09. The van der Waals surface area contributed by atoms with Crippen LogP contribution in [0.5, 0.6) is 5.75 Å². The van der Waals surface area contributed by atoms with Crippen LogP contribution in [-0.4, -0.2) is 23.8 Å². The molecule has 1 aromatic carbocycles. The number of methoxy groups -OCH3 is 1. The molecule has 2 atom stereocenters. The van der Waals surface area contributed by atoms with Crippen LogP contribution in [0.4, 0.5) is 5.69 Å². The van der Waals surface area contributed by atoms with Gasteiger partial charge in [0.15, 0.2) is 0 Å². The van der Waals surface area contributed by atoms with E-state index in [-0.39, 0.29) is 11.4 Å². The van der Waals surface area contributed by atoms with Crippen LogP contribution in [0.2, 0.25) is 0 Å². The SMILES string of the molecule is COC(=O)C1=C(C)NC2=CCCC(=O)C2C1c1ccc([O-])c([N+](=O)[O-])c1. The van der Waals surface area contributed by atoms with Gasteiger partial charge in [-0.2, -0.15) is 0 Å². The number of carbonyl (C=O) groups excluding carboxylic acids is 2. The Morgan fingerprint density at radius 2 is 2.08 bits per heavy atom. The van der Waals surface area contributed by atoms with E-state index < -0.39 is 34.2 Å². The number of nitrogens with zero attached hydrogens (tertiary/aromatic N) is 1. The van der Waals surface area contributed by atoms with E-state index in [1.165, 1.54) is 13.2 Å². The Labute approximate surface area is 149 Å². The lowest BCUT2D eigenvalue weighted by atomic mass is 9.71. The number of ketones is 1. The average Bonchev–Trinajstić information content (AvgIpc) is 2.60. The van der Waals surface area contributed by atoms with Gasteiger partial charge in [-0.1, -0.05) is 18.2 Å². The van der Waals surface area contributed by atoms with Crippen molar-refractivity contribution in [2.24, 2.45) is 5.92 Å². The highest BCUT2D eigenvalue weighted by Gasteiger charge is 2.43. The van der Waals surface area contributed by atoms with Crippen LogP contribution in [0.15, 0.2) is 41.2 Å². The number of fused-ring (bicyclic) bond motifs is 1. The van der Waals surface area contributed by atoms with Gasteiger partial charge in [-0.25, -0.2) is 4.79 Å². The first kappa shape index (κ1) is 17.7. The number of esters is 1. The van der Waals surface area contributed by atoms with Crippen LogP contribution >= 0.6 is 0 Å². The van der Waals surface area contributed by atoms with E-state index in [1.54, 1.807) is 6.92 Å². The topological polar surface area (TPSA) is 122 Å². The number of rotatable bonds is 3. The van der Waals surface area contributed by atoms with Gasteiger partial charge in [-0.3, -0.25) is 14.9 Å². The minimum atomic E-state index is -0.763. The van der Waals surface area contributed by atoms with Crippen molar-refractivity contribution in [3.63, 3.8) is 0 Å². The van der Waals surface area contributed by atoms with Gasteiger partial charge < -0.3 is 15.2 Å². The Morgan fingerprint density at radius 3 is 2.73 bits per heavy atom. The fraction of sp³-hybridized carbons (Fsp3) is 0.333. The zero-order chi connectivity index (χ0) is 19.0. The molecule has 8 heteroatoms. The van der Waals surface area contributed by atoms with E-state index in [9.17, 15) is 24.8 Å². The molecule has 8 nitrogen and oxygen atoms in total. The van der Waals surface area contributed by atoms with Crippen LogP contribution < -0.4 is 10.4 Å². The van der Waals surface area contributed by atoms with Crippen molar-refractivity contribution < 1.29 is 24.4 Å². The molecule has 0 fully saturated rings. The van der Waals surface area contributed by atoms with Gasteiger partial charge in [-0.15, -0.1) is 0 Å². The molecule has 0 spiro atoms. The molecular formula is C18H17N2O6-. The fourth-order valence-electron chi connectivity index (χ4n) is 3.62. The van der Waals surface area contributed by atoms with E-state index >= 15 is 0 Å².